The van der Waals surface area contributed by atoms with Crippen LogP contribution in [-0.2, 0) is 14.8 Å². The average Bonchev–Trinajstić information content (AvgIpc) is 3.13. The van der Waals surface area contributed by atoms with Gasteiger partial charge in [0.15, 0.2) is 0 Å². The Bertz CT molecular complexity index is 855. The summed E-state index contributed by atoms with van der Waals surface area (Å²) in [5.41, 5.74) is 1.92. The molecule has 0 saturated carbocycles. The van der Waals surface area contributed by atoms with Crippen molar-refractivity contribution in [2.45, 2.75) is 33.2 Å². The second-order valence-corrected chi connectivity index (χ2v) is 9.34. The summed E-state index contributed by atoms with van der Waals surface area (Å²) in [5.74, 6) is 0.0778. The molecule has 0 aliphatic rings. The fourth-order valence-corrected chi connectivity index (χ4v) is 4.25. The van der Waals surface area contributed by atoms with Crippen LogP contribution in [0.1, 0.15) is 42.3 Å². The Labute approximate surface area is 165 Å². The van der Waals surface area contributed by atoms with Crippen molar-refractivity contribution < 1.29 is 13.2 Å². The molecule has 7 heteroatoms. The topological polar surface area (TPSA) is 75.3 Å². The van der Waals surface area contributed by atoms with Gasteiger partial charge in [0, 0.05) is 23.3 Å². The van der Waals surface area contributed by atoms with Crippen molar-refractivity contribution in [3.8, 4) is 0 Å². The van der Waals surface area contributed by atoms with Gasteiger partial charge in [-0.1, -0.05) is 49.7 Å². The number of rotatable bonds is 9. The van der Waals surface area contributed by atoms with Gasteiger partial charge in [0.2, 0.25) is 15.9 Å². The zero-order valence-electron chi connectivity index (χ0n) is 15.8. The molecule has 0 radical (unpaired) electrons. The number of sulfonamides is 1. The standard InChI is InChI=1S/C20H26N2O3S2/c1-15(2)20(18-5-4-13-26-18)22-19(23)10-12-21-27(24,25)14-11-17-8-6-16(3)7-9-17/h4-9,11,13-15,20-21H,10,12H2,1-3H3,(H,22,23)/b14-11+/t20-/m1/s1. The molecule has 1 aromatic carbocycles. The first-order valence-corrected chi connectivity index (χ1v) is 11.3. The van der Waals surface area contributed by atoms with E-state index in [4.69, 9.17) is 0 Å². The summed E-state index contributed by atoms with van der Waals surface area (Å²) in [5, 5.41) is 6.09. The van der Waals surface area contributed by atoms with Gasteiger partial charge in [0.25, 0.3) is 0 Å². The number of nitrogens with one attached hydrogen (secondary N) is 2. The monoisotopic (exact) mass is 406 g/mol. The Balaban J connectivity index is 1.83. The quantitative estimate of drug-likeness (QED) is 0.664. The number of benzene rings is 1. The summed E-state index contributed by atoms with van der Waals surface area (Å²) in [7, 11) is -3.58. The van der Waals surface area contributed by atoms with E-state index in [0.29, 0.717) is 0 Å². The Morgan fingerprint density at radius 3 is 2.48 bits per heavy atom. The molecule has 1 aromatic heterocycles. The van der Waals surface area contributed by atoms with Crippen LogP contribution in [0.2, 0.25) is 0 Å². The smallest absolute Gasteiger partial charge is 0.233 e. The average molecular weight is 407 g/mol. The molecule has 2 aromatic rings. The lowest BCUT2D eigenvalue weighted by atomic mass is 10.0. The highest BCUT2D eigenvalue weighted by Crippen LogP contribution is 2.25. The van der Waals surface area contributed by atoms with Crippen LogP contribution in [-0.4, -0.2) is 20.9 Å². The molecule has 146 valence electrons. The summed E-state index contributed by atoms with van der Waals surface area (Å²) in [6, 6.07) is 11.4. The number of thiophene rings is 1. The molecule has 0 bridgehead atoms. The summed E-state index contributed by atoms with van der Waals surface area (Å²) in [6.45, 7) is 6.12. The van der Waals surface area contributed by atoms with Gasteiger partial charge >= 0.3 is 0 Å². The van der Waals surface area contributed by atoms with Crippen LogP contribution in [0, 0.1) is 12.8 Å². The maximum Gasteiger partial charge on any atom is 0.233 e. The van der Waals surface area contributed by atoms with Crippen LogP contribution in [0.15, 0.2) is 47.2 Å². The van der Waals surface area contributed by atoms with E-state index in [9.17, 15) is 13.2 Å². The van der Waals surface area contributed by atoms with E-state index in [0.717, 1.165) is 21.4 Å². The van der Waals surface area contributed by atoms with E-state index < -0.39 is 10.0 Å². The maximum absolute atomic E-state index is 12.2. The number of hydrogen-bond donors (Lipinski definition) is 2. The number of hydrogen-bond acceptors (Lipinski definition) is 4. The van der Waals surface area contributed by atoms with E-state index in [-0.39, 0.29) is 30.8 Å². The zero-order valence-corrected chi connectivity index (χ0v) is 17.4. The van der Waals surface area contributed by atoms with E-state index in [1.165, 1.54) is 6.08 Å². The second-order valence-electron chi connectivity index (χ2n) is 6.71. The predicted octanol–water partition coefficient (Wildman–Crippen LogP) is 3.85. The van der Waals surface area contributed by atoms with Crippen LogP contribution in [0.3, 0.4) is 0 Å². The first-order chi connectivity index (χ1) is 12.8. The van der Waals surface area contributed by atoms with Crippen LogP contribution in [0.4, 0.5) is 0 Å². The van der Waals surface area contributed by atoms with Gasteiger partial charge in [-0.3, -0.25) is 4.79 Å². The Morgan fingerprint density at radius 1 is 1.19 bits per heavy atom. The van der Waals surface area contributed by atoms with Crippen molar-refractivity contribution in [2.24, 2.45) is 5.92 Å². The van der Waals surface area contributed by atoms with Gasteiger partial charge in [0.1, 0.15) is 0 Å². The van der Waals surface area contributed by atoms with E-state index >= 15 is 0 Å². The third kappa shape index (κ3) is 7.28. The third-order valence-corrected chi connectivity index (χ3v) is 6.06. The minimum absolute atomic E-state index is 0.0572. The number of carbonyl (C=O) groups excluding carboxylic acids is 1. The molecular formula is C20H26N2O3S2. The molecule has 5 nitrogen and oxygen atoms in total. The number of carbonyl (C=O) groups is 1. The van der Waals surface area contributed by atoms with Crippen LogP contribution >= 0.6 is 11.3 Å². The first-order valence-electron chi connectivity index (χ1n) is 8.84. The molecule has 1 amide bonds. The Kier molecular flexibility index (Phi) is 7.77. The van der Waals surface area contributed by atoms with E-state index in [1.807, 2.05) is 62.5 Å². The molecule has 0 aliphatic carbocycles. The Morgan fingerprint density at radius 2 is 1.89 bits per heavy atom. The van der Waals surface area contributed by atoms with Gasteiger partial charge in [-0.15, -0.1) is 11.3 Å². The van der Waals surface area contributed by atoms with Crippen molar-refractivity contribution in [1.82, 2.24) is 10.0 Å². The molecule has 0 saturated heterocycles. The molecule has 2 N–H and O–H groups in total. The summed E-state index contributed by atoms with van der Waals surface area (Å²) in [6.07, 6.45) is 1.62. The highest BCUT2D eigenvalue weighted by molar-refractivity contribution is 7.92. The SMILES string of the molecule is Cc1ccc(/C=C/S(=O)(=O)NCCC(=O)N[C@@H](c2cccs2)C(C)C)cc1. The van der Waals surface area contributed by atoms with Gasteiger partial charge < -0.3 is 5.32 Å². The third-order valence-electron chi connectivity index (χ3n) is 4.01. The summed E-state index contributed by atoms with van der Waals surface area (Å²) < 4.78 is 26.5. The second kappa shape index (κ2) is 9.82. The van der Waals surface area contributed by atoms with Gasteiger partial charge in [-0.05, 0) is 35.9 Å². The molecule has 0 fully saturated rings. The highest BCUT2D eigenvalue weighted by atomic mass is 32.2. The van der Waals surface area contributed by atoms with Crippen LogP contribution in [0.25, 0.3) is 6.08 Å². The molecule has 2 rings (SSSR count). The molecule has 0 unspecified atom stereocenters. The number of aryl methyl sites for hydroxylation is 1. The lowest BCUT2D eigenvalue weighted by Gasteiger charge is -2.21. The van der Waals surface area contributed by atoms with Crippen molar-refractivity contribution in [2.75, 3.05) is 6.54 Å². The van der Waals surface area contributed by atoms with Gasteiger partial charge in [-0.25, -0.2) is 13.1 Å². The first kappa shape index (κ1) is 21.3. The molecule has 0 spiro atoms. The molecule has 27 heavy (non-hydrogen) atoms. The molecule has 1 atom stereocenters. The van der Waals surface area contributed by atoms with Gasteiger partial charge in [0.05, 0.1) is 6.04 Å². The normalized spacial score (nSPS) is 13.2. The highest BCUT2D eigenvalue weighted by Gasteiger charge is 2.19. The van der Waals surface area contributed by atoms with Crippen LogP contribution in [0.5, 0.6) is 0 Å². The van der Waals surface area contributed by atoms with Crippen molar-refractivity contribution in [3.05, 3.63) is 63.2 Å². The largest absolute Gasteiger partial charge is 0.348 e. The minimum Gasteiger partial charge on any atom is -0.348 e. The van der Waals surface area contributed by atoms with E-state index in [2.05, 4.69) is 10.0 Å². The van der Waals surface area contributed by atoms with Crippen molar-refractivity contribution in [1.29, 1.82) is 0 Å². The fourth-order valence-electron chi connectivity index (χ4n) is 2.48. The summed E-state index contributed by atoms with van der Waals surface area (Å²) >= 11 is 1.60. The Hall–Kier alpha value is -1.96. The molecule has 1 heterocycles. The predicted molar refractivity (Wildman–Crippen MR) is 112 cm³/mol. The summed E-state index contributed by atoms with van der Waals surface area (Å²) in [4.78, 5) is 13.3. The minimum atomic E-state index is -3.58. The fraction of sp³-hybridized carbons (Fsp3) is 0.350. The molecular weight excluding hydrogens is 380 g/mol. The van der Waals surface area contributed by atoms with Crippen molar-refractivity contribution >= 4 is 33.3 Å². The lowest BCUT2D eigenvalue weighted by Crippen LogP contribution is -2.34. The zero-order chi connectivity index (χ0) is 19.9. The van der Waals surface area contributed by atoms with Crippen molar-refractivity contribution in [3.63, 3.8) is 0 Å². The van der Waals surface area contributed by atoms with Gasteiger partial charge in [-0.2, -0.15) is 0 Å². The maximum atomic E-state index is 12.2. The van der Waals surface area contributed by atoms with E-state index in [1.54, 1.807) is 11.3 Å². The van der Waals surface area contributed by atoms with Crippen LogP contribution < -0.4 is 10.0 Å². The number of amides is 1. The molecule has 0 aliphatic heterocycles. The lowest BCUT2D eigenvalue weighted by molar-refractivity contribution is -0.122.